The summed E-state index contributed by atoms with van der Waals surface area (Å²) in [7, 11) is 0. The van der Waals surface area contributed by atoms with Gasteiger partial charge in [0.2, 0.25) is 0 Å². The Bertz CT molecular complexity index is 1190. The fraction of sp³-hybridized carbons (Fsp3) is 0.844. The minimum atomic E-state index is -1.80. The molecule has 4 saturated heterocycles. The summed E-state index contributed by atoms with van der Waals surface area (Å²) < 4.78 is 40.6. The third kappa shape index (κ3) is 9.39. The average Bonchev–Trinajstić information content (AvgIpc) is 3.12. The molecule has 10 N–H and O–H groups in total. The second kappa shape index (κ2) is 18.2. The van der Waals surface area contributed by atoms with Crippen LogP contribution in [0.3, 0.4) is 0 Å². The number of aliphatic hydroxyl groups is 10. The number of pyridine rings is 1. The summed E-state index contributed by atoms with van der Waals surface area (Å²) in [5, 5.41) is 105. The van der Waals surface area contributed by atoms with E-state index in [-0.39, 0.29) is 19.1 Å². The largest absolute Gasteiger partial charge is 0.394 e. The van der Waals surface area contributed by atoms with Crippen molar-refractivity contribution in [2.24, 2.45) is 5.92 Å². The van der Waals surface area contributed by atoms with Gasteiger partial charge in [-0.2, -0.15) is 0 Å². The number of aromatic nitrogens is 1. The van der Waals surface area contributed by atoms with Gasteiger partial charge in [0, 0.05) is 32.0 Å². The molecule has 5 heterocycles. The summed E-state index contributed by atoms with van der Waals surface area (Å²) in [5.74, 6) is -0.338. The van der Waals surface area contributed by atoms with Crippen LogP contribution in [0.25, 0.3) is 0 Å². The van der Waals surface area contributed by atoms with Crippen molar-refractivity contribution in [2.75, 3.05) is 39.5 Å². The number of nitrogens with zero attached hydrogens (tertiary/aromatic N) is 2. The van der Waals surface area contributed by atoms with Gasteiger partial charge in [-0.3, -0.25) is 9.88 Å². The second-order valence-electron chi connectivity index (χ2n) is 13.7. The lowest BCUT2D eigenvalue weighted by atomic mass is 9.89. The zero-order valence-corrected chi connectivity index (χ0v) is 28.4. The molecule has 4 fully saturated rings. The standard InChI is InChI=1S/C32H52N2O17/c1-14(2)28-26(43)29(51-32-25(42)24(41)21(38)17(11-36)49-32)23(40)19(47-28)13-45-31-27(44)30(22(39)18(12-37)48-31)50-20-9-34(8-16(10-35)46-20)7-15-3-5-33-6-4-15/h3-6,14,16-32,35-44H,7-13H2,1-2H3. The molecular formula is C32H52N2O17. The van der Waals surface area contributed by atoms with Crippen LogP contribution in [0.4, 0.5) is 0 Å². The molecule has 0 radical (unpaired) electrons. The molecule has 0 saturated carbocycles. The van der Waals surface area contributed by atoms with E-state index in [0.29, 0.717) is 13.1 Å². The fourth-order valence-electron chi connectivity index (χ4n) is 6.79. The summed E-state index contributed by atoms with van der Waals surface area (Å²) in [5.41, 5.74) is 0.961. The number of rotatable bonds is 13. The molecule has 4 aliphatic rings. The van der Waals surface area contributed by atoms with Crippen molar-refractivity contribution in [2.45, 2.75) is 125 Å². The normalized spacial score (nSPS) is 44.1. The Kier molecular flexibility index (Phi) is 14.5. The van der Waals surface area contributed by atoms with E-state index in [0.717, 1.165) is 5.56 Å². The Morgan fingerprint density at radius 3 is 1.96 bits per heavy atom. The first-order valence-electron chi connectivity index (χ1n) is 17.1. The third-order valence-corrected chi connectivity index (χ3v) is 9.65. The molecule has 1 aromatic heterocycles. The molecule has 0 amide bonds. The molecule has 19 nitrogen and oxygen atoms in total. The van der Waals surface area contributed by atoms with Crippen molar-refractivity contribution in [1.29, 1.82) is 0 Å². The molecule has 0 bridgehead atoms. The smallest absolute Gasteiger partial charge is 0.187 e. The van der Waals surface area contributed by atoms with Gasteiger partial charge in [-0.15, -0.1) is 0 Å². The summed E-state index contributed by atoms with van der Waals surface area (Å²) in [6.07, 6.45) is -20.6. The van der Waals surface area contributed by atoms with Gasteiger partial charge in [0.25, 0.3) is 0 Å². The first kappa shape index (κ1) is 40.6. The highest BCUT2D eigenvalue weighted by Gasteiger charge is 2.52. The highest BCUT2D eigenvalue weighted by molar-refractivity contribution is 5.09. The van der Waals surface area contributed by atoms with Crippen molar-refractivity contribution < 1.29 is 84.2 Å². The maximum absolute atomic E-state index is 11.3. The monoisotopic (exact) mass is 736 g/mol. The molecule has 5 rings (SSSR count). The Morgan fingerprint density at radius 2 is 1.31 bits per heavy atom. The molecule has 17 unspecified atom stereocenters. The van der Waals surface area contributed by atoms with E-state index in [1.165, 1.54) is 0 Å². The highest BCUT2D eigenvalue weighted by Crippen LogP contribution is 2.33. The molecule has 1 aromatic rings. The van der Waals surface area contributed by atoms with Crippen molar-refractivity contribution in [1.82, 2.24) is 9.88 Å². The molecule has 292 valence electrons. The molecule has 4 aliphatic heterocycles. The zero-order chi connectivity index (χ0) is 37.0. The Balaban J connectivity index is 1.26. The molecule has 51 heavy (non-hydrogen) atoms. The van der Waals surface area contributed by atoms with Crippen molar-refractivity contribution in [3.63, 3.8) is 0 Å². The Hall–Kier alpha value is -1.57. The van der Waals surface area contributed by atoms with Gasteiger partial charge in [-0.05, 0) is 23.6 Å². The van der Waals surface area contributed by atoms with Gasteiger partial charge in [0.05, 0.1) is 38.6 Å². The number of morpholine rings is 1. The maximum atomic E-state index is 11.3. The predicted octanol–water partition coefficient (Wildman–Crippen LogP) is -5.23. The summed E-state index contributed by atoms with van der Waals surface area (Å²) >= 11 is 0. The van der Waals surface area contributed by atoms with Crippen LogP contribution in [0.15, 0.2) is 24.5 Å². The van der Waals surface area contributed by atoms with Crippen LogP contribution in [0.2, 0.25) is 0 Å². The van der Waals surface area contributed by atoms with Crippen LogP contribution < -0.4 is 0 Å². The zero-order valence-electron chi connectivity index (χ0n) is 28.4. The van der Waals surface area contributed by atoms with Gasteiger partial charge in [0.1, 0.15) is 73.2 Å². The maximum Gasteiger partial charge on any atom is 0.187 e. The Morgan fingerprint density at radius 1 is 0.686 bits per heavy atom. The van der Waals surface area contributed by atoms with E-state index < -0.39 is 124 Å². The summed E-state index contributed by atoms with van der Waals surface area (Å²) in [6.45, 7) is 2.39. The lowest BCUT2D eigenvalue weighted by Crippen LogP contribution is -2.65. The van der Waals surface area contributed by atoms with Gasteiger partial charge >= 0.3 is 0 Å². The minimum absolute atomic E-state index is 0.210. The second-order valence-corrected chi connectivity index (χ2v) is 13.7. The van der Waals surface area contributed by atoms with Gasteiger partial charge in [-0.1, -0.05) is 13.8 Å². The van der Waals surface area contributed by atoms with Gasteiger partial charge < -0.3 is 84.2 Å². The van der Waals surface area contributed by atoms with Gasteiger partial charge in [-0.25, -0.2) is 0 Å². The van der Waals surface area contributed by atoms with Gasteiger partial charge in [0.15, 0.2) is 18.9 Å². The lowest BCUT2D eigenvalue weighted by Gasteiger charge is -2.48. The van der Waals surface area contributed by atoms with Crippen LogP contribution in [-0.4, -0.2) is 205 Å². The topological polar surface area (TPSA) is 283 Å². The number of hydrogen-bond acceptors (Lipinski definition) is 19. The quantitative estimate of drug-likeness (QED) is 0.0906. The summed E-state index contributed by atoms with van der Waals surface area (Å²) in [6, 6.07) is 3.69. The summed E-state index contributed by atoms with van der Waals surface area (Å²) in [4.78, 5) is 6.00. The minimum Gasteiger partial charge on any atom is -0.394 e. The Labute approximate surface area is 294 Å². The predicted molar refractivity (Wildman–Crippen MR) is 168 cm³/mol. The van der Waals surface area contributed by atoms with E-state index in [2.05, 4.69) is 4.98 Å². The first-order valence-corrected chi connectivity index (χ1v) is 17.1. The highest BCUT2D eigenvalue weighted by atomic mass is 16.7. The van der Waals surface area contributed by atoms with Crippen molar-refractivity contribution in [3.05, 3.63) is 30.1 Å². The number of hydrogen-bond donors (Lipinski definition) is 10. The molecule has 0 aliphatic carbocycles. The van der Waals surface area contributed by atoms with Crippen molar-refractivity contribution >= 4 is 0 Å². The van der Waals surface area contributed by atoms with E-state index >= 15 is 0 Å². The van der Waals surface area contributed by atoms with Crippen LogP contribution in [-0.2, 0) is 39.7 Å². The van der Waals surface area contributed by atoms with E-state index in [1.54, 1.807) is 26.2 Å². The van der Waals surface area contributed by atoms with E-state index in [4.69, 9.17) is 33.2 Å². The van der Waals surface area contributed by atoms with Crippen LogP contribution in [0.1, 0.15) is 19.4 Å². The van der Waals surface area contributed by atoms with Crippen LogP contribution >= 0.6 is 0 Å². The number of ether oxygens (including phenoxy) is 7. The molecule has 19 heteroatoms. The molecule has 17 atom stereocenters. The molecular weight excluding hydrogens is 684 g/mol. The van der Waals surface area contributed by atoms with Crippen LogP contribution in [0, 0.1) is 5.92 Å². The molecule has 0 aromatic carbocycles. The number of aliphatic hydroxyl groups excluding tert-OH is 10. The third-order valence-electron chi connectivity index (χ3n) is 9.65. The fourth-order valence-corrected chi connectivity index (χ4v) is 6.79. The average molecular weight is 737 g/mol. The van der Waals surface area contributed by atoms with E-state index in [9.17, 15) is 51.1 Å². The first-order chi connectivity index (χ1) is 24.4. The SMILES string of the molecule is CC(C)C1OC(COC2OC(CO)C(O)C(OC3CN(Cc4ccncc4)CC(CO)O3)C2O)C(O)C(OC2OC(CO)C(O)C(O)C2O)C1O. The molecule has 0 spiro atoms. The lowest BCUT2D eigenvalue weighted by molar-refractivity contribution is -0.354. The van der Waals surface area contributed by atoms with E-state index in [1.807, 2.05) is 17.0 Å². The van der Waals surface area contributed by atoms with Crippen LogP contribution in [0.5, 0.6) is 0 Å². The van der Waals surface area contributed by atoms with Crippen molar-refractivity contribution in [3.8, 4) is 0 Å².